The highest BCUT2D eigenvalue weighted by Crippen LogP contribution is 2.12. The Morgan fingerprint density at radius 1 is 1.14 bits per heavy atom. The molecule has 28 heavy (non-hydrogen) atoms. The van der Waals surface area contributed by atoms with Crippen LogP contribution in [0.4, 0.5) is 0 Å². The summed E-state index contributed by atoms with van der Waals surface area (Å²) in [6.45, 7) is 0.402. The molecule has 0 saturated carbocycles. The first kappa shape index (κ1) is 17.7. The third-order valence-electron chi connectivity index (χ3n) is 4.69. The standard InChI is InChI=1S/C21H18N4O3/c1-28-21(27)15-13-16-19(23-17-9-5-6-11-24(17)20(16)26)25(18(15)22)12-10-14-7-3-2-4-8-14/h2-9,11,13,22H,10,12H2,1H3. The van der Waals surface area contributed by atoms with Crippen LogP contribution in [0.5, 0.6) is 0 Å². The lowest BCUT2D eigenvalue weighted by Crippen LogP contribution is -2.31. The molecule has 0 aliphatic rings. The molecule has 0 atom stereocenters. The van der Waals surface area contributed by atoms with E-state index in [9.17, 15) is 9.59 Å². The second kappa shape index (κ2) is 7.11. The van der Waals surface area contributed by atoms with E-state index < -0.39 is 5.97 Å². The van der Waals surface area contributed by atoms with Crippen LogP contribution in [0.25, 0.3) is 16.7 Å². The molecule has 0 saturated heterocycles. The van der Waals surface area contributed by atoms with Gasteiger partial charge in [-0.1, -0.05) is 36.4 Å². The summed E-state index contributed by atoms with van der Waals surface area (Å²) in [6.07, 6.45) is 2.26. The van der Waals surface area contributed by atoms with Crippen LogP contribution < -0.4 is 11.0 Å². The van der Waals surface area contributed by atoms with E-state index in [0.717, 1.165) is 5.56 Å². The Balaban J connectivity index is 1.99. The molecule has 140 valence electrons. The van der Waals surface area contributed by atoms with Crippen molar-refractivity contribution in [1.82, 2.24) is 14.0 Å². The highest BCUT2D eigenvalue weighted by Gasteiger charge is 2.17. The van der Waals surface area contributed by atoms with Gasteiger partial charge in [0.2, 0.25) is 0 Å². The van der Waals surface area contributed by atoms with Gasteiger partial charge in [-0.15, -0.1) is 0 Å². The molecule has 0 spiro atoms. The van der Waals surface area contributed by atoms with E-state index in [1.54, 1.807) is 29.0 Å². The van der Waals surface area contributed by atoms with E-state index in [1.807, 2.05) is 30.3 Å². The van der Waals surface area contributed by atoms with E-state index in [0.29, 0.717) is 24.3 Å². The fraction of sp³-hybridized carbons (Fsp3) is 0.143. The molecule has 0 amide bonds. The number of pyridine rings is 2. The fourth-order valence-electron chi connectivity index (χ4n) is 3.26. The van der Waals surface area contributed by atoms with Gasteiger partial charge in [-0.05, 0) is 30.2 Å². The van der Waals surface area contributed by atoms with Gasteiger partial charge >= 0.3 is 5.97 Å². The maximum absolute atomic E-state index is 13.0. The smallest absolute Gasteiger partial charge is 0.341 e. The summed E-state index contributed by atoms with van der Waals surface area (Å²) in [7, 11) is 1.26. The average Bonchev–Trinajstić information content (AvgIpc) is 2.73. The molecule has 0 bridgehead atoms. The molecule has 0 radical (unpaired) electrons. The van der Waals surface area contributed by atoms with Gasteiger partial charge in [-0.25, -0.2) is 9.78 Å². The molecule has 3 aromatic heterocycles. The van der Waals surface area contributed by atoms with Crippen molar-refractivity contribution < 1.29 is 9.53 Å². The Labute approximate surface area is 160 Å². The molecule has 0 aliphatic heterocycles. The van der Waals surface area contributed by atoms with Gasteiger partial charge in [0.25, 0.3) is 5.56 Å². The number of rotatable bonds is 4. The van der Waals surface area contributed by atoms with Crippen LogP contribution in [0.1, 0.15) is 15.9 Å². The first-order chi connectivity index (χ1) is 13.6. The summed E-state index contributed by atoms with van der Waals surface area (Å²) in [5.41, 5.74) is 1.67. The Morgan fingerprint density at radius 3 is 2.64 bits per heavy atom. The topological polar surface area (TPSA) is 89.4 Å². The van der Waals surface area contributed by atoms with Crippen molar-refractivity contribution in [3.63, 3.8) is 0 Å². The van der Waals surface area contributed by atoms with Crippen LogP contribution in [-0.4, -0.2) is 27.0 Å². The summed E-state index contributed by atoms with van der Waals surface area (Å²) in [6, 6.07) is 16.5. The molecule has 7 nitrogen and oxygen atoms in total. The number of benzene rings is 1. The van der Waals surface area contributed by atoms with Crippen molar-refractivity contribution in [3.8, 4) is 0 Å². The predicted molar refractivity (Wildman–Crippen MR) is 104 cm³/mol. The van der Waals surface area contributed by atoms with Crippen LogP contribution >= 0.6 is 0 Å². The first-order valence-corrected chi connectivity index (χ1v) is 8.82. The lowest BCUT2D eigenvalue weighted by molar-refractivity contribution is 0.0597. The monoisotopic (exact) mass is 374 g/mol. The highest BCUT2D eigenvalue weighted by molar-refractivity contribution is 5.93. The third kappa shape index (κ3) is 2.96. The Bertz CT molecular complexity index is 1310. The van der Waals surface area contributed by atoms with Crippen molar-refractivity contribution in [1.29, 1.82) is 5.41 Å². The first-order valence-electron chi connectivity index (χ1n) is 8.82. The number of aryl methyl sites for hydroxylation is 2. The molecule has 7 heteroatoms. The van der Waals surface area contributed by atoms with Crippen LogP contribution in [0.2, 0.25) is 0 Å². The molecule has 4 rings (SSSR count). The maximum Gasteiger partial charge on any atom is 0.341 e. The number of esters is 1. The van der Waals surface area contributed by atoms with Gasteiger partial charge in [0, 0.05) is 12.7 Å². The van der Waals surface area contributed by atoms with Gasteiger partial charge in [0.05, 0.1) is 12.5 Å². The van der Waals surface area contributed by atoms with E-state index in [2.05, 4.69) is 4.98 Å². The maximum atomic E-state index is 13.0. The van der Waals surface area contributed by atoms with Gasteiger partial charge < -0.3 is 9.30 Å². The minimum Gasteiger partial charge on any atom is -0.465 e. The Morgan fingerprint density at radius 2 is 1.89 bits per heavy atom. The zero-order valence-electron chi connectivity index (χ0n) is 15.3. The number of aromatic nitrogens is 3. The Hall–Kier alpha value is -3.74. The predicted octanol–water partition coefficient (Wildman–Crippen LogP) is 2.16. The highest BCUT2D eigenvalue weighted by atomic mass is 16.5. The third-order valence-corrected chi connectivity index (χ3v) is 4.69. The molecule has 4 aromatic rings. The van der Waals surface area contributed by atoms with E-state index in [4.69, 9.17) is 10.1 Å². The molecule has 0 aliphatic carbocycles. The van der Waals surface area contributed by atoms with Gasteiger partial charge in [0.15, 0.2) is 0 Å². The molecule has 0 fully saturated rings. The van der Waals surface area contributed by atoms with Gasteiger partial charge in [0.1, 0.15) is 22.3 Å². The number of nitrogens with zero attached hydrogens (tertiary/aromatic N) is 3. The number of hydrogen-bond donors (Lipinski definition) is 1. The minimum absolute atomic E-state index is 0.0255. The largest absolute Gasteiger partial charge is 0.465 e. The lowest BCUT2D eigenvalue weighted by Gasteiger charge is -2.14. The zero-order chi connectivity index (χ0) is 19.7. The fourth-order valence-corrected chi connectivity index (χ4v) is 3.26. The minimum atomic E-state index is -0.655. The number of carbonyl (C=O) groups excluding carboxylic acids is 1. The molecule has 0 unspecified atom stereocenters. The second-order valence-electron chi connectivity index (χ2n) is 6.37. The van der Waals surface area contributed by atoms with Crippen molar-refractivity contribution in [2.45, 2.75) is 13.0 Å². The summed E-state index contributed by atoms with van der Waals surface area (Å²) < 4.78 is 7.83. The quantitative estimate of drug-likeness (QED) is 0.438. The van der Waals surface area contributed by atoms with Crippen molar-refractivity contribution >= 4 is 22.6 Å². The number of nitrogens with one attached hydrogen (secondary N) is 1. The molecular formula is C21H18N4O3. The lowest BCUT2D eigenvalue weighted by atomic mass is 10.1. The van der Waals surface area contributed by atoms with Crippen LogP contribution in [0.3, 0.4) is 0 Å². The van der Waals surface area contributed by atoms with Crippen LogP contribution in [0, 0.1) is 5.41 Å². The van der Waals surface area contributed by atoms with E-state index in [-0.39, 0.29) is 22.0 Å². The SMILES string of the molecule is COC(=O)c1cc2c(=O)n3ccccc3nc2n(CCc2ccccc2)c1=N. The van der Waals surface area contributed by atoms with Crippen molar-refractivity contribution in [3.05, 3.63) is 87.8 Å². The number of carbonyl (C=O) groups is 1. The normalized spacial score (nSPS) is 11.0. The number of methoxy groups -OCH3 is 1. The molecule has 1 N–H and O–H groups in total. The van der Waals surface area contributed by atoms with E-state index in [1.165, 1.54) is 17.6 Å². The summed E-state index contributed by atoms with van der Waals surface area (Å²) in [5.74, 6) is -0.655. The number of ether oxygens (including phenoxy) is 1. The van der Waals surface area contributed by atoms with Crippen molar-refractivity contribution in [2.24, 2.45) is 0 Å². The molecule has 3 heterocycles. The summed E-state index contributed by atoms with van der Waals surface area (Å²) in [5, 5.41) is 8.79. The summed E-state index contributed by atoms with van der Waals surface area (Å²) >= 11 is 0. The van der Waals surface area contributed by atoms with Crippen molar-refractivity contribution in [2.75, 3.05) is 7.11 Å². The Kier molecular flexibility index (Phi) is 4.49. The zero-order valence-corrected chi connectivity index (χ0v) is 15.3. The summed E-state index contributed by atoms with van der Waals surface area (Å²) in [4.78, 5) is 29.8. The van der Waals surface area contributed by atoms with E-state index >= 15 is 0 Å². The molecule has 1 aromatic carbocycles. The van der Waals surface area contributed by atoms with Crippen LogP contribution in [-0.2, 0) is 17.7 Å². The number of hydrogen-bond acceptors (Lipinski definition) is 5. The molecular weight excluding hydrogens is 356 g/mol. The van der Waals surface area contributed by atoms with Gasteiger partial charge in [-0.2, -0.15) is 0 Å². The van der Waals surface area contributed by atoms with Crippen LogP contribution in [0.15, 0.2) is 65.6 Å². The number of fused-ring (bicyclic) bond motifs is 2. The van der Waals surface area contributed by atoms with Gasteiger partial charge in [-0.3, -0.25) is 14.6 Å². The average molecular weight is 374 g/mol. The second-order valence-corrected chi connectivity index (χ2v) is 6.37.